The van der Waals surface area contributed by atoms with E-state index in [0.29, 0.717) is 16.6 Å². The number of anilines is 1. The molecule has 0 aliphatic rings. The number of nitrogens with two attached hydrogens (primary N) is 1. The third kappa shape index (κ3) is 5.41. The van der Waals surface area contributed by atoms with Gasteiger partial charge in [0.2, 0.25) is 0 Å². The highest BCUT2D eigenvalue weighted by atomic mass is 32.2. The summed E-state index contributed by atoms with van der Waals surface area (Å²) >= 11 is 1.97. The number of hydrogen-bond donors (Lipinski definition) is 2. The minimum atomic E-state index is 0.301. The lowest BCUT2D eigenvalue weighted by Crippen LogP contribution is -2.32. The number of thioether (sulfide) groups is 1. The molecule has 0 saturated heterocycles. The Morgan fingerprint density at radius 3 is 2.71 bits per heavy atom. The second-order valence-electron chi connectivity index (χ2n) is 5.16. The highest BCUT2D eigenvalue weighted by Gasteiger charge is 2.15. The van der Waals surface area contributed by atoms with Crippen molar-refractivity contribution < 1.29 is 0 Å². The molecule has 0 fully saturated rings. The zero-order chi connectivity index (χ0) is 12.9. The fourth-order valence-corrected chi connectivity index (χ4v) is 2.47. The van der Waals surface area contributed by atoms with Crippen LogP contribution in [0.3, 0.4) is 0 Å². The van der Waals surface area contributed by atoms with Gasteiger partial charge in [0, 0.05) is 22.7 Å². The van der Waals surface area contributed by atoms with E-state index in [1.54, 1.807) is 6.20 Å². The SMILES string of the molecule is CNC(CSC(C)(C)C)Cc1cccnc1N. The van der Waals surface area contributed by atoms with Crippen LogP contribution in [0.15, 0.2) is 18.3 Å². The minimum Gasteiger partial charge on any atom is -0.383 e. The van der Waals surface area contributed by atoms with Gasteiger partial charge in [-0.05, 0) is 25.1 Å². The van der Waals surface area contributed by atoms with E-state index >= 15 is 0 Å². The van der Waals surface area contributed by atoms with Gasteiger partial charge < -0.3 is 11.1 Å². The van der Waals surface area contributed by atoms with Crippen LogP contribution < -0.4 is 11.1 Å². The molecule has 1 aromatic rings. The molecule has 0 radical (unpaired) electrons. The lowest BCUT2D eigenvalue weighted by atomic mass is 10.1. The minimum absolute atomic E-state index is 0.301. The van der Waals surface area contributed by atoms with Gasteiger partial charge in [-0.15, -0.1) is 0 Å². The van der Waals surface area contributed by atoms with Gasteiger partial charge in [0.25, 0.3) is 0 Å². The summed E-state index contributed by atoms with van der Waals surface area (Å²) in [5, 5.41) is 3.35. The molecule has 17 heavy (non-hydrogen) atoms. The maximum absolute atomic E-state index is 5.86. The average Bonchev–Trinajstić information content (AvgIpc) is 2.25. The van der Waals surface area contributed by atoms with Crippen molar-refractivity contribution in [2.24, 2.45) is 0 Å². The molecule has 0 aliphatic heterocycles. The first-order chi connectivity index (χ1) is 7.92. The quantitative estimate of drug-likeness (QED) is 0.845. The average molecular weight is 253 g/mol. The number of rotatable bonds is 5. The predicted molar refractivity (Wildman–Crippen MR) is 77.4 cm³/mol. The third-order valence-electron chi connectivity index (χ3n) is 2.52. The monoisotopic (exact) mass is 253 g/mol. The number of aromatic nitrogens is 1. The van der Waals surface area contributed by atoms with Crippen molar-refractivity contribution in [3.63, 3.8) is 0 Å². The van der Waals surface area contributed by atoms with Crippen molar-refractivity contribution in [1.29, 1.82) is 0 Å². The van der Waals surface area contributed by atoms with Crippen molar-refractivity contribution in [2.45, 2.75) is 38.0 Å². The highest BCUT2D eigenvalue weighted by molar-refractivity contribution is 8.00. The number of nitrogen functional groups attached to an aromatic ring is 1. The Bertz CT molecular complexity index is 347. The van der Waals surface area contributed by atoms with E-state index < -0.39 is 0 Å². The van der Waals surface area contributed by atoms with E-state index in [1.165, 1.54) is 0 Å². The molecule has 4 heteroatoms. The summed E-state index contributed by atoms with van der Waals surface area (Å²) in [6.07, 6.45) is 2.66. The summed E-state index contributed by atoms with van der Waals surface area (Å²) in [5.41, 5.74) is 6.99. The van der Waals surface area contributed by atoms with Crippen LogP contribution >= 0.6 is 11.8 Å². The van der Waals surface area contributed by atoms with Crippen LogP contribution in [-0.2, 0) is 6.42 Å². The summed E-state index contributed by atoms with van der Waals surface area (Å²) in [6.45, 7) is 6.72. The summed E-state index contributed by atoms with van der Waals surface area (Å²) < 4.78 is 0.301. The van der Waals surface area contributed by atoms with E-state index in [-0.39, 0.29) is 0 Å². The molecule has 96 valence electrons. The molecule has 1 aromatic heterocycles. The topological polar surface area (TPSA) is 50.9 Å². The molecular formula is C13H23N3S. The second kappa shape index (κ2) is 6.26. The number of nitrogens with one attached hydrogen (secondary N) is 1. The van der Waals surface area contributed by atoms with Crippen LogP contribution in [0.5, 0.6) is 0 Å². The third-order valence-corrected chi connectivity index (χ3v) is 3.95. The smallest absolute Gasteiger partial charge is 0.126 e. The van der Waals surface area contributed by atoms with E-state index in [0.717, 1.165) is 17.7 Å². The first kappa shape index (κ1) is 14.3. The summed E-state index contributed by atoms with van der Waals surface area (Å²) in [4.78, 5) is 4.12. The molecule has 3 nitrogen and oxygen atoms in total. The Morgan fingerprint density at radius 2 is 2.18 bits per heavy atom. The predicted octanol–water partition coefficient (Wildman–Crippen LogP) is 2.33. The summed E-state index contributed by atoms with van der Waals surface area (Å²) in [6, 6.07) is 4.43. The number of likely N-dealkylation sites (N-methyl/N-ethyl adjacent to an activating group) is 1. The molecule has 1 atom stereocenters. The van der Waals surface area contributed by atoms with Gasteiger partial charge >= 0.3 is 0 Å². The summed E-state index contributed by atoms with van der Waals surface area (Å²) in [7, 11) is 2.00. The Hall–Kier alpha value is -0.740. The van der Waals surface area contributed by atoms with Gasteiger partial charge in [-0.25, -0.2) is 4.98 Å². The van der Waals surface area contributed by atoms with E-state index in [9.17, 15) is 0 Å². The Kier molecular flexibility index (Phi) is 5.28. The maximum atomic E-state index is 5.86. The van der Waals surface area contributed by atoms with Crippen LogP contribution in [0.1, 0.15) is 26.3 Å². The standard InChI is InChI=1S/C13H23N3S/c1-13(2,3)17-9-11(15-4)8-10-6-5-7-16-12(10)14/h5-7,11,15H,8-9H2,1-4H3,(H2,14,16). The zero-order valence-electron chi connectivity index (χ0n) is 11.2. The number of pyridine rings is 1. The first-order valence-corrected chi connectivity index (χ1v) is 6.91. The van der Waals surface area contributed by atoms with Gasteiger partial charge in [-0.2, -0.15) is 11.8 Å². The van der Waals surface area contributed by atoms with Crippen LogP contribution in [0.25, 0.3) is 0 Å². The molecule has 1 rings (SSSR count). The molecular weight excluding hydrogens is 230 g/mol. The zero-order valence-corrected chi connectivity index (χ0v) is 12.0. The van der Waals surface area contributed by atoms with Gasteiger partial charge in [-0.3, -0.25) is 0 Å². The molecule has 1 heterocycles. The largest absolute Gasteiger partial charge is 0.383 e. The van der Waals surface area contributed by atoms with E-state index in [4.69, 9.17) is 5.73 Å². The van der Waals surface area contributed by atoms with Crippen molar-refractivity contribution in [2.75, 3.05) is 18.5 Å². The molecule has 0 aromatic carbocycles. The van der Waals surface area contributed by atoms with Gasteiger partial charge in [0.15, 0.2) is 0 Å². The molecule has 3 N–H and O–H groups in total. The van der Waals surface area contributed by atoms with Crippen LogP contribution in [0, 0.1) is 0 Å². The fraction of sp³-hybridized carbons (Fsp3) is 0.615. The lowest BCUT2D eigenvalue weighted by Gasteiger charge is -2.23. The van der Waals surface area contributed by atoms with Crippen molar-refractivity contribution in [1.82, 2.24) is 10.3 Å². The molecule has 0 spiro atoms. The van der Waals surface area contributed by atoms with Crippen LogP contribution in [0.2, 0.25) is 0 Å². The molecule has 0 aliphatic carbocycles. The van der Waals surface area contributed by atoms with Gasteiger partial charge in [0.1, 0.15) is 5.82 Å². The Morgan fingerprint density at radius 1 is 1.47 bits per heavy atom. The van der Waals surface area contributed by atoms with Crippen LogP contribution in [-0.4, -0.2) is 28.6 Å². The van der Waals surface area contributed by atoms with Gasteiger partial charge in [-0.1, -0.05) is 26.8 Å². The fourth-order valence-electron chi connectivity index (χ4n) is 1.48. The van der Waals surface area contributed by atoms with E-state index in [2.05, 4.69) is 37.1 Å². The molecule has 0 saturated carbocycles. The number of nitrogens with zero attached hydrogens (tertiary/aromatic N) is 1. The Labute approximate surface area is 109 Å². The van der Waals surface area contributed by atoms with Crippen molar-refractivity contribution in [3.8, 4) is 0 Å². The van der Waals surface area contributed by atoms with Crippen molar-refractivity contribution >= 4 is 17.6 Å². The number of hydrogen-bond acceptors (Lipinski definition) is 4. The first-order valence-electron chi connectivity index (χ1n) is 5.93. The Balaban J connectivity index is 2.56. The highest BCUT2D eigenvalue weighted by Crippen LogP contribution is 2.24. The molecule has 1 unspecified atom stereocenters. The molecule has 0 amide bonds. The normalized spacial score (nSPS) is 13.6. The lowest BCUT2D eigenvalue weighted by molar-refractivity contribution is 0.613. The summed E-state index contributed by atoms with van der Waals surface area (Å²) in [5.74, 6) is 1.72. The van der Waals surface area contributed by atoms with E-state index in [1.807, 2.05) is 24.9 Å². The molecule has 0 bridgehead atoms. The second-order valence-corrected chi connectivity index (χ2v) is 7.01. The van der Waals surface area contributed by atoms with Crippen molar-refractivity contribution in [3.05, 3.63) is 23.9 Å². The van der Waals surface area contributed by atoms with Crippen LogP contribution in [0.4, 0.5) is 5.82 Å². The van der Waals surface area contributed by atoms with Gasteiger partial charge in [0.05, 0.1) is 0 Å². The maximum Gasteiger partial charge on any atom is 0.126 e.